The zero-order valence-electron chi connectivity index (χ0n) is 9.32. The highest BCUT2D eigenvalue weighted by molar-refractivity contribution is 5.51. The molecule has 1 aliphatic heterocycles. The molecule has 0 spiro atoms. The van der Waals surface area contributed by atoms with E-state index in [1.54, 1.807) is 0 Å². The van der Waals surface area contributed by atoms with E-state index in [0.717, 1.165) is 25.6 Å². The average molecular weight is 205 g/mol. The number of nitrogens with zero attached hydrogens (tertiary/aromatic N) is 2. The molecule has 1 aromatic rings. The number of piperidine rings is 1. The molecule has 3 nitrogen and oxygen atoms in total. The van der Waals surface area contributed by atoms with Gasteiger partial charge in [0.15, 0.2) is 0 Å². The molecule has 2 rings (SSSR count). The topological polar surface area (TPSA) is 42.2 Å². The maximum absolute atomic E-state index is 5.69. The van der Waals surface area contributed by atoms with Gasteiger partial charge in [-0.25, -0.2) is 0 Å². The second-order valence-corrected chi connectivity index (χ2v) is 4.33. The number of aromatic nitrogens is 1. The van der Waals surface area contributed by atoms with Gasteiger partial charge in [0.2, 0.25) is 0 Å². The minimum absolute atomic E-state index is 0.725. The smallest absolute Gasteiger partial charge is 0.0426 e. The van der Waals surface area contributed by atoms with E-state index in [0.29, 0.717) is 0 Å². The molecule has 0 aromatic carbocycles. The lowest BCUT2D eigenvalue weighted by Crippen LogP contribution is -2.36. The van der Waals surface area contributed by atoms with E-state index in [4.69, 9.17) is 5.73 Å². The number of aryl methyl sites for hydroxylation is 1. The maximum Gasteiger partial charge on any atom is 0.0426 e. The molecule has 3 heteroatoms. The Kier molecular flexibility index (Phi) is 3.21. The van der Waals surface area contributed by atoms with Crippen LogP contribution in [0.1, 0.15) is 18.4 Å². The molecule has 0 saturated carbocycles. The van der Waals surface area contributed by atoms with Crippen LogP contribution in [0.5, 0.6) is 0 Å². The van der Waals surface area contributed by atoms with Crippen molar-refractivity contribution in [3.05, 3.63) is 24.0 Å². The Morgan fingerprint density at radius 3 is 2.80 bits per heavy atom. The second kappa shape index (κ2) is 4.62. The van der Waals surface area contributed by atoms with Crippen molar-refractivity contribution in [2.45, 2.75) is 19.8 Å². The van der Waals surface area contributed by atoms with Gasteiger partial charge in [0.25, 0.3) is 0 Å². The Labute approximate surface area is 91.3 Å². The Balaban J connectivity index is 2.04. The van der Waals surface area contributed by atoms with Crippen molar-refractivity contribution in [1.29, 1.82) is 0 Å². The Bertz CT molecular complexity index is 316. The second-order valence-electron chi connectivity index (χ2n) is 4.33. The lowest BCUT2D eigenvalue weighted by atomic mass is 9.96. The molecule has 0 unspecified atom stereocenters. The molecule has 0 bridgehead atoms. The van der Waals surface area contributed by atoms with Crippen LogP contribution in [0.15, 0.2) is 18.5 Å². The first-order valence-corrected chi connectivity index (χ1v) is 5.67. The summed E-state index contributed by atoms with van der Waals surface area (Å²) in [6.07, 6.45) is 6.25. The summed E-state index contributed by atoms with van der Waals surface area (Å²) in [5, 5.41) is 0. The molecule has 2 N–H and O–H groups in total. The minimum Gasteiger partial charge on any atom is -0.371 e. The SMILES string of the molecule is Cc1cnccc1N1CCC(CN)CC1. The van der Waals surface area contributed by atoms with Crippen molar-refractivity contribution in [1.82, 2.24) is 4.98 Å². The van der Waals surface area contributed by atoms with Crippen LogP contribution in [0, 0.1) is 12.8 Å². The molecule has 15 heavy (non-hydrogen) atoms. The standard InChI is InChI=1S/C12H19N3/c1-10-9-14-5-2-12(10)15-6-3-11(8-13)4-7-15/h2,5,9,11H,3-4,6-8,13H2,1H3. The van der Waals surface area contributed by atoms with Crippen molar-refractivity contribution < 1.29 is 0 Å². The van der Waals surface area contributed by atoms with Gasteiger partial charge in [-0.05, 0) is 43.9 Å². The van der Waals surface area contributed by atoms with Gasteiger partial charge in [0.05, 0.1) is 0 Å². The number of hydrogen-bond acceptors (Lipinski definition) is 3. The van der Waals surface area contributed by atoms with Crippen molar-refractivity contribution in [2.75, 3.05) is 24.5 Å². The lowest BCUT2D eigenvalue weighted by Gasteiger charge is -2.33. The highest BCUT2D eigenvalue weighted by Gasteiger charge is 2.18. The van der Waals surface area contributed by atoms with Crippen LogP contribution in [0.3, 0.4) is 0 Å². The zero-order valence-corrected chi connectivity index (χ0v) is 9.32. The number of anilines is 1. The summed E-state index contributed by atoms with van der Waals surface area (Å²) in [5.41, 5.74) is 8.29. The van der Waals surface area contributed by atoms with Crippen molar-refractivity contribution in [2.24, 2.45) is 11.7 Å². The molecule has 1 fully saturated rings. The summed E-state index contributed by atoms with van der Waals surface area (Å²) in [6, 6.07) is 2.11. The van der Waals surface area contributed by atoms with Crippen LogP contribution in [0.4, 0.5) is 5.69 Å². The van der Waals surface area contributed by atoms with E-state index in [9.17, 15) is 0 Å². The molecule has 1 aromatic heterocycles. The molecule has 0 aliphatic carbocycles. The van der Waals surface area contributed by atoms with Gasteiger partial charge in [-0.2, -0.15) is 0 Å². The van der Waals surface area contributed by atoms with Crippen molar-refractivity contribution >= 4 is 5.69 Å². The first-order valence-electron chi connectivity index (χ1n) is 5.67. The monoisotopic (exact) mass is 205 g/mol. The molecule has 2 heterocycles. The van der Waals surface area contributed by atoms with Gasteiger partial charge in [0, 0.05) is 31.2 Å². The minimum atomic E-state index is 0.725. The molecule has 1 saturated heterocycles. The summed E-state index contributed by atoms with van der Waals surface area (Å²) in [7, 11) is 0. The summed E-state index contributed by atoms with van der Waals surface area (Å²) in [6.45, 7) is 5.22. The molecule has 1 aliphatic rings. The largest absolute Gasteiger partial charge is 0.371 e. The van der Waals surface area contributed by atoms with Gasteiger partial charge >= 0.3 is 0 Å². The first-order chi connectivity index (χ1) is 7.31. The van der Waals surface area contributed by atoms with Gasteiger partial charge in [0.1, 0.15) is 0 Å². The fourth-order valence-electron chi connectivity index (χ4n) is 2.23. The van der Waals surface area contributed by atoms with E-state index < -0.39 is 0 Å². The quantitative estimate of drug-likeness (QED) is 0.796. The van der Waals surface area contributed by atoms with Crippen LogP contribution in [0.25, 0.3) is 0 Å². The first kappa shape index (κ1) is 10.4. The molecule has 82 valence electrons. The van der Waals surface area contributed by atoms with E-state index in [1.807, 2.05) is 12.4 Å². The van der Waals surface area contributed by atoms with E-state index in [-0.39, 0.29) is 0 Å². The molecular weight excluding hydrogens is 186 g/mol. The van der Waals surface area contributed by atoms with E-state index >= 15 is 0 Å². The zero-order chi connectivity index (χ0) is 10.7. The third kappa shape index (κ3) is 2.29. The van der Waals surface area contributed by atoms with Crippen molar-refractivity contribution in [3.8, 4) is 0 Å². The maximum atomic E-state index is 5.69. The van der Waals surface area contributed by atoms with Crippen molar-refractivity contribution in [3.63, 3.8) is 0 Å². The van der Waals surface area contributed by atoms with E-state index in [2.05, 4.69) is 22.9 Å². The molecule has 0 atom stereocenters. The molecule has 0 radical (unpaired) electrons. The van der Waals surface area contributed by atoms with Crippen LogP contribution < -0.4 is 10.6 Å². The van der Waals surface area contributed by atoms with E-state index in [1.165, 1.54) is 24.1 Å². The van der Waals surface area contributed by atoms with Crippen LogP contribution in [-0.4, -0.2) is 24.6 Å². The highest BCUT2D eigenvalue weighted by Crippen LogP contribution is 2.24. The lowest BCUT2D eigenvalue weighted by molar-refractivity contribution is 0.414. The number of hydrogen-bond donors (Lipinski definition) is 1. The predicted molar refractivity (Wildman–Crippen MR) is 63.0 cm³/mol. The molecule has 0 amide bonds. The van der Waals surface area contributed by atoms with Gasteiger partial charge in [-0.3, -0.25) is 4.98 Å². The number of rotatable bonds is 2. The average Bonchev–Trinajstić information content (AvgIpc) is 2.30. The Hall–Kier alpha value is -1.09. The van der Waals surface area contributed by atoms with Crippen LogP contribution in [0.2, 0.25) is 0 Å². The summed E-state index contributed by atoms with van der Waals surface area (Å²) in [4.78, 5) is 6.57. The fourth-order valence-corrected chi connectivity index (χ4v) is 2.23. The third-order valence-electron chi connectivity index (χ3n) is 3.28. The Morgan fingerprint density at radius 2 is 2.20 bits per heavy atom. The van der Waals surface area contributed by atoms with Gasteiger partial charge < -0.3 is 10.6 Å². The number of pyridine rings is 1. The predicted octanol–water partition coefficient (Wildman–Crippen LogP) is 1.57. The van der Waals surface area contributed by atoms with Gasteiger partial charge in [-0.1, -0.05) is 0 Å². The van der Waals surface area contributed by atoms with Crippen LogP contribution in [-0.2, 0) is 0 Å². The summed E-state index contributed by atoms with van der Waals surface area (Å²) in [5.74, 6) is 0.725. The Morgan fingerprint density at radius 1 is 1.47 bits per heavy atom. The summed E-state index contributed by atoms with van der Waals surface area (Å²) >= 11 is 0. The normalized spacial score (nSPS) is 18.1. The number of nitrogens with two attached hydrogens (primary N) is 1. The highest BCUT2D eigenvalue weighted by atomic mass is 15.1. The third-order valence-corrected chi connectivity index (χ3v) is 3.28. The van der Waals surface area contributed by atoms with Gasteiger partial charge in [-0.15, -0.1) is 0 Å². The van der Waals surface area contributed by atoms with Crippen LogP contribution >= 0.6 is 0 Å². The molecular formula is C12H19N3. The summed E-state index contributed by atoms with van der Waals surface area (Å²) < 4.78 is 0. The fraction of sp³-hybridized carbons (Fsp3) is 0.583.